The normalized spacial score (nSPS) is 30.5. The van der Waals surface area contributed by atoms with E-state index in [2.05, 4.69) is 23.2 Å². The minimum Gasteiger partial charge on any atom is -0.318 e. The van der Waals surface area contributed by atoms with Crippen molar-refractivity contribution in [2.45, 2.75) is 63.5 Å². The third-order valence-corrected chi connectivity index (χ3v) is 6.05. The average Bonchev–Trinajstić information content (AvgIpc) is 2.40. The number of hydrogen-bond acceptors (Lipinski definition) is 1. The number of piperidine rings is 1. The highest BCUT2D eigenvalue weighted by atomic mass is 35.5. The lowest BCUT2D eigenvalue weighted by atomic mass is 9.74. The van der Waals surface area contributed by atoms with Gasteiger partial charge in [-0.1, -0.05) is 24.9 Å². The smallest absolute Gasteiger partial charge is 0.318 e. The van der Waals surface area contributed by atoms with Gasteiger partial charge in [-0.2, -0.15) is 0 Å². The number of urea groups is 1. The van der Waals surface area contributed by atoms with Crippen molar-refractivity contribution in [3.05, 3.63) is 28.8 Å². The van der Waals surface area contributed by atoms with Gasteiger partial charge >= 0.3 is 6.03 Å². The van der Waals surface area contributed by atoms with Crippen molar-refractivity contribution in [1.82, 2.24) is 4.90 Å². The summed E-state index contributed by atoms with van der Waals surface area (Å²) in [4.78, 5) is 14.6. The Morgan fingerprint density at radius 1 is 1.23 bits per heavy atom. The van der Waals surface area contributed by atoms with Gasteiger partial charge in [0.1, 0.15) is 0 Å². The van der Waals surface area contributed by atoms with Gasteiger partial charge in [-0.25, -0.2) is 4.79 Å². The molecular formula is C18H23ClN2O. The molecule has 4 heteroatoms. The molecule has 4 fully saturated rings. The maximum Gasteiger partial charge on any atom is 0.322 e. The fourth-order valence-corrected chi connectivity index (χ4v) is 4.59. The molecule has 0 radical (unpaired) electrons. The minimum absolute atomic E-state index is 0.0648. The average molecular weight is 319 g/mol. The predicted molar refractivity (Wildman–Crippen MR) is 89.5 cm³/mol. The van der Waals surface area contributed by atoms with Crippen LogP contribution in [-0.2, 0) is 0 Å². The summed E-state index contributed by atoms with van der Waals surface area (Å²) in [5.41, 5.74) is 2.08. The topological polar surface area (TPSA) is 32.3 Å². The molecule has 5 rings (SSSR count). The second-order valence-corrected chi connectivity index (χ2v) is 7.73. The SMILES string of the molecule is CC1CC2CC(C1)N2C(=O)Nc1ccc(Cl)c(C2CCC2)c1. The summed E-state index contributed by atoms with van der Waals surface area (Å²) in [5.74, 6) is 1.34. The first-order valence-electron chi connectivity index (χ1n) is 8.50. The van der Waals surface area contributed by atoms with E-state index in [-0.39, 0.29) is 6.03 Å². The molecule has 1 aromatic carbocycles. The van der Waals surface area contributed by atoms with E-state index in [1.807, 2.05) is 12.1 Å². The van der Waals surface area contributed by atoms with Crippen LogP contribution in [-0.4, -0.2) is 23.0 Å². The zero-order chi connectivity index (χ0) is 15.3. The van der Waals surface area contributed by atoms with Crippen molar-refractivity contribution in [3.8, 4) is 0 Å². The lowest BCUT2D eigenvalue weighted by Gasteiger charge is -2.54. The molecule has 22 heavy (non-hydrogen) atoms. The van der Waals surface area contributed by atoms with E-state index in [0.717, 1.165) is 29.5 Å². The van der Waals surface area contributed by atoms with Crippen LogP contribution in [0.15, 0.2) is 18.2 Å². The fraction of sp³-hybridized carbons (Fsp3) is 0.611. The molecule has 2 saturated heterocycles. The number of anilines is 1. The lowest BCUT2D eigenvalue weighted by molar-refractivity contribution is -0.00601. The summed E-state index contributed by atoms with van der Waals surface area (Å²) in [6, 6.07) is 6.88. The van der Waals surface area contributed by atoms with Crippen LogP contribution in [0.4, 0.5) is 10.5 Å². The number of fused-ring (bicyclic) bond motifs is 2. The Labute approximate surface area is 137 Å². The van der Waals surface area contributed by atoms with Crippen LogP contribution >= 0.6 is 11.6 Å². The number of rotatable bonds is 2. The number of nitrogens with zero attached hydrogens (tertiary/aromatic N) is 1. The number of nitrogens with one attached hydrogen (secondary N) is 1. The summed E-state index contributed by atoms with van der Waals surface area (Å²) >= 11 is 6.31. The van der Waals surface area contributed by atoms with E-state index in [9.17, 15) is 4.79 Å². The summed E-state index contributed by atoms with van der Waals surface area (Å²) in [6.07, 6.45) is 7.20. The number of carbonyl (C=O) groups is 1. The maximum atomic E-state index is 12.5. The monoisotopic (exact) mass is 318 g/mol. The molecule has 4 aliphatic rings. The van der Waals surface area contributed by atoms with Gasteiger partial charge in [-0.05, 0) is 67.7 Å². The Bertz CT molecular complexity index is 587. The van der Waals surface area contributed by atoms with E-state index in [1.54, 1.807) is 0 Å². The molecular weight excluding hydrogens is 296 g/mol. The van der Waals surface area contributed by atoms with Gasteiger partial charge in [0, 0.05) is 22.8 Å². The van der Waals surface area contributed by atoms with Crippen LogP contribution in [0.1, 0.15) is 56.9 Å². The minimum atomic E-state index is 0.0648. The third-order valence-electron chi connectivity index (χ3n) is 5.71. The second kappa shape index (κ2) is 5.45. The van der Waals surface area contributed by atoms with Crippen molar-refractivity contribution in [3.63, 3.8) is 0 Å². The quantitative estimate of drug-likeness (QED) is 0.816. The van der Waals surface area contributed by atoms with E-state index in [1.165, 1.54) is 31.2 Å². The van der Waals surface area contributed by atoms with E-state index < -0.39 is 0 Å². The van der Waals surface area contributed by atoms with Crippen LogP contribution in [0.5, 0.6) is 0 Å². The zero-order valence-electron chi connectivity index (χ0n) is 13.0. The fourth-order valence-electron chi connectivity index (χ4n) is 4.32. The highest BCUT2D eigenvalue weighted by Gasteiger charge is 2.46. The Hall–Kier alpha value is -1.22. The molecule has 1 N–H and O–H groups in total. The highest BCUT2D eigenvalue weighted by Crippen LogP contribution is 2.42. The van der Waals surface area contributed by atoms with Gasteiger partial charge in [-0.15, -0.1) is 0 Å². The first-order valence-corrected chi connectivity index (χ1v) is 8.88. The van der Waals surface area contributed by atoms with Crippen molar-refractivity contribution in [1.29, 1.82) is 0 Å². The number of carbonyl (C=O) groups excluding carboxylic acids is 1. The molecule has 2 heterocycles. The Balaban J connectivity index is 1.46. The first-order chi connectivity index (χ1) is 10.6. The lowest BCUT2D eigenvalue weighted by Crippen LogP contribution is -2.63. The maximum absolute atomic E-state index is 12.5. The van der Waals surface area contributed by atoms with Crippen molar-refractivity contribution >= 4 is 23.3 Å². The van der Waals surface area contributed by atoms with Gasteiger partial charge in [-0.3, -0.25) is 0 Å². The summed E-state index contributed by atoms with van der Waals surface area (Å²) in [7, 11) is 0. The van der Waals surface area contributed by atoms with Crippen molar-refractivity contribution < 1.29 is 4.79 Å². The number of amides is 2. The highest BCUT2D eigenvalue weighted by molar-refractivity contribution is 6.31. The summed E-state index contributed by atoms with van der Waals surface area (Å²) in [5, 5.41) is 3.92. The zero-order valence-corrected chi connectivity index (χ0v) is 13.8. The van der Waals surface area contributed by atoms with Gasteiger partial charge in [0.25, 0.3) is 0 Å². The standard InChI is InChI=1S/C18H23ClN2O/c1-11-7-14-10-15(8-11)21(14)18(22)20-13-5-6-17(19)16(9-13)12-3-2-4-12/h5-6,9,11-12,14-15H,2-4,7-8,10H2,1H3,(H,20,22). The van der Waals surface area contributed by atoms with Gasteiger partial charge in [0.05, 0.1) is 0 Å². The molecule has 3 nitrogen and oxygen atoms in total. The van der Waals surface area contributed by atoms with Crippen LogP contribution in [0, 0.1) is 5.92 Å². The van der Waals surface area contributed by atoms with Gasteiger partial charge in [0.2, 0.25) is 0 Å². The Morgan fingerprint density at radius 2 is 1.95 bits per heavy atom. The van der Waals surface area contributed by atoms with Crippen molar-refractivity contribution in [2.24, 2.45) is 5.92 Å². The predicted octanol–water partition coefficient (Wildman–Crippen LogP) is 5.01. The molecule has 2 aliphatic heterocycles. The first kappa shape index (κ1) is 14.4. The van der Waals surface area contributed by atoms with Gasteiger partial charge in [0.15, 0.2) is 0 Å². The molecule has 0 aromatic heterocycles. The number of halogens is 1. The largest absolute Gasteiger partial charge is 0.322 e. The molecule has 2 aliphatic carbocycles. The molecule has 2 amide bonds. The van der Waals surface area contributed by atoms with Crippen LogP contribution in [0.3, 0.4) is 0 Å². The number of benzene rings is 1. The Morgan fingerprint density at radius 3 is 2.59 bits per heavy atom. The molecule has 1 aromatic rings. The summed E-state index contributed by atoms with van der Waals surface area (Å²) < 4.78 is 0. The molecule has 118 valence electrons. The van der Waals surface area contributed by atoms with E-state index in [4.69, 9.17) is 11.6 Å². The van der Waals surface area contributed by atoms with Crippen molar-refractivity contribution in [2.75, 3.05) is 5.32 Å². The summed E-state index contributed by atoms with van der Waals surface area (Å²) in [6.45, 7) is 2.29. The molecule has 2 saturated carbocycles. The van der Waals surface area contributed by atoms with Crippen LogP contribution in [0.2, 0.25) is 5.02 Å². The van der Waals surface area contributed by atoms with Gasteiger partial charge < -0.3 is 10.2 Å². The molecule has 0 spiro atoms. The van der Waals surface area contributed by atoms with Crippen LogP contribution < -0.4 is 5.32 Å². The molecule has 2 bridgehead atoms. The number of hydrogen-bond donors (Lipinski definition) is 1. The van der Waals surface area contributed by atoms with Crippen LogP contribution in [0.25, 0.3) is 0 Å². The second-order valence-electron chi connectivity index (χ2n) is 7.32. The Kier molecular flexibility index (Phi) is 3.56. The molecule has 2 atom stereocenters. The molecule has 2 unspecified atom stereocenters. The third kappa shape index (κ3) is 2.40. The van der Waals surface area contributed by atoms with E-state index in [0.29, 0.717) is 18.0 Å². The van der Waals surface area contributed by atoms with E-state index >= 15 is 0 Å².